The highest BCUT2D eigenvalue weighted by molar-refractivity contribution is 5.96. The molecule has 0 saturated carbocycles. The van der Waals surface area contributed by atoms with E-state index in [-0.39, 0.29) is 12.5 Å². The van der Waals surface area contributed by atoms with Gasteiger partial charge in [0.1, 0.15) is 5.75 Å². The van der Waals surface area contributed by atoms with E-state index in [4.69, 9.17) is 10.5 Å². The van der Waals surface area contributed by atoms with Crippen molar-refractivity contribution in [2.45, 2.75) is 6.92 Å². The van der Waals surface area contributed by atoms with Crippen molar-refractivity contribution in [3.05, 3.63) is 42.2 Å². The molecule has 6 heteroatoms. The van der Waals surface area contributed by atoms with E-state index >= 15 is 0 Å². The summed E-state index contributed by atoms with van der Waals surface area (Å²) >= 11 is 0. The summed E-state index contributed by atoms with van der Waals surface area (Å²) in [6.07, 6.45) is 3.90. The maximum absolute atomic E-state index is 11.4. The van der Waals surface area contributed by atoms with Crippen molar-refractivity contribution in [2.75, 3.05) is 17.7 Å². The van der Waals surface area contributed by atoms with Crippen LogP contribution in [0.25, 0.3) is 16.9 Å². The summed E-state index contributed by atoms with van der Waals surface area (Å²) < 4.78 is 7.27. The molecule has 110 valence electrons. The molecule has 0 unspecified atom stereocenters. The summed E-state index contributed by atoms with van der Waals surface area (Å²) in [4.78, 5) is 16.0. The van der Waals surface area contributed by atoms with Crippen molar-refractivity contribution in [3.63, 3.8) is 0 Å². The number of nitrogen functional groups attached to an aromatic ring is 1. The fourth-order valence-electron chi connectivity index (χ4n) is 2.65. The van der Waals surface area contributed by atoms with Gasteiger partial charge in [0.15, 0.2) is 12.3 Å². The molecule has 0 radical (unpaired) electrons. The first kappa shape index (κ1) is 12.7. The summed E-state index contributed by atoms with van der Waals surface area (Å²) in [7, 11) is 0. The Morgan fingerprint density at radius 1 is 1.32 bits per heavy atom. The molecular weight excluding hydrogens is 280 g/mol. The van der Waals surface area contributed by atoms with E-state index in [9.17, 15) is 4.79 Å². The molecule has 3 N–H and O–H groups in total. The Hall–Kier alpha value is -3.02. The van der Waals surface area contributed by atoms with Crippen LogP contribution in [0.2, 0.25) is 0 Å². The molecule has 1 aromatic carbocycles. The number of rotatable bonds is 1. The third-order valence-corrected chi connectivity index (χ3v) is 3.62. The fraction of sp³-hybridized carbons (Fsp3) is 0.125. The van der Waals surface area contributed by atoms with Gasteiger partial charge < -0.3 is 20.2 Å². The number of carbonyl (C=O) groups is 1. The lowest BCUT2D eigenvalue weighted by atomic mass is 10.1. The Morgan fingerprint density at radius 2 is 2.18 bits per heavy atom. The van der Waals surface area contributed by atoms with Crippen LogP contribution in [0.3, 0.4) is 0 Å². The Labute approximate surface area is 126 Å². The van der Waals surface area contributed by atoms with E-state index in [1.54, 1.807) is 0 Å². The van der Waals surface area contributed by atoms with Gasteiger partial charge in [0.25, 0.3) is 5.91 Å². The van der Waals surface area contributed by atoms with Gasteiger partial charge in [-0.15, -0.1) is 0 Å². The smallest absolute Gasteiger partial charge is 0.262 e. The number of fused-ring (bicyclic) bond motifs is 2. The quantitative estimate of drug-likeness (QED) is 0.721. The largest absolute Gasteiger partial charge is 0.482 e. The SMILES string of the molecule is Cc1cc(N)c2nc(-c3ccc4c(c3)NC(=O)CO4)cn2c1. The molecule has 1 aliphatic heterocycles. The van der Waals surface area contributed by atoms with Crippen molar-refractivity contribution in [1.29, 1.82) is 0 Å². The molecular formula is C16H14N4O2. The minimum Gasteiger partial charge on any atom is -0.482 e. The number of ether oxygens (including phenoxy) is 1. The molecule has 1 amide bonds. The second-order valence-corrected chi connectivity index (χ2v) is 5.38. The van der Waals surface area contributed by atoms with Crippen LogP contribution in [0.5, 0.6) is 5.75 Å². The second-order valence-electron chi connectivity index (χ2n) is 5.38. The van der Waals surface area contributed by atoms with Crippen LogP contribution in [0, 0.1) is 6.92 Å². The minimum atomic E-state index is -0.153. The molecule has 3 heterocycles. The van der Waals surface area contributed by atoms with Crippen LogP contribution in [0.4, 0.5) is 11.4 Å². The maximum atomic E-state index is 11.4. The van der Waals surface area contributed by atoms with E-state index in [1.807, 2.05) is 48.0 Å². The van der Waals surface area contributed by atoms with Crippen molar-refractivity contribution in [3.8, 4) is 17.0 Å². The lowest BCUT2D eigenvalue weighted by Gasteiger charge is -2.18. The Morgan fingerprint density at radius 3 is 3.05 bits per heavy atom. The lowest BCUT2D eigenvalue weighted by molar-refractivity contribution is -0.118. The highest BCUT2D eigenvalue weighted by Crippen LogP contribution is 2.32. The minimum absolute atomic E-state index is 0.0521. The van der Waals surface area contributed by atoms with E-state index in [0.717, 1.165) is 22.5 Å². The normalized spacial score (nSPS) is 13.6. The van der Waals surface area contributed by atoms with Gasteiger partial charge in [0, 0.05) is 18.0 Å². The zero-order valence-corrected chi connectivity index (χ0v) is 12.0. The molecule has 6 nitrogen and oxygen atoms in total. The molecule has 0 aliphatic carbocycles. The molecule has 0 atom stereocenters. The van der Waals surface area contributed by atoms with Gasteiger partial charge in [0.05, 0.1) is 17.1 Å². The predicted molar refractivity (Wildman–Crippen MR) is 83.9 cm³/mol. The van der Waals surface area contributed by atoms with Crippen molar-refractivity contribution >= 4 is 22.9 Å². The number of hydrogen-bond donors (Lipinski definition) is 2. The number of benzene rings is 1. The lowest BCUT2D eigenvalue weighted by Crippen LogP contribution is -2.25. The zero-order valence-electron chi connectivity index (χ0n) is 12.0. The number of aromatic nitrogens is 2. The van der Waals surface area contributed by atoms with Gasteiger partial charge in [-0.1, -0.05) is 0 Å². The van der Waals surface area contributed by atoms with E-state index in [2.05, 4.69) is 10.3 Å². The maximum Gasteiger partial charge on any atom is 0.262 e. The summed E-state index contributed by atoms with van der Waals surface area (Å²) in [5.41, 5.74) is 10.8. The van der Waals surface area contributed by atoms with Crippen LogP contribution in [-0.4, -0.2) is 21.9 Å². The van der Waals surface area contributed by atoms with Crippen LogP contribution >= 0.6 is 0 Å². The Balaban J connectivity index is 1.83. The molecule has 2 aromatic heterocycles. The van der Waals surface area contributed by atoms with E-state index < -0.39 is 0 Å². The monoisotopic (exact) mass is 294 g/mol. The standard InChI is InChI=1S/C16H14N4O2/c1-9-4-11(17)16-19-13(7-20(16)6-9)10-2-3-14-12(5-10)18-15(21)8-22-14/h2-7H,8,17H2,1H3,(H,18,21). The first-order chi connectivity index (χ1) is 10.6. The van der Waals surface area contributed by atoms with Crippen molar-refractivity contribution in [1.82, 2.24) is 9.38 Å². The van der Waals surface area contributed by atoms with E-state index in [1.165, 1.54) is 0 Å². The first-order valence-corrected chi connectivity index (χ1v) is 6.92. The zero-order chi connectivity index (χ0) is 15.3. The van der Waals surface area contributed by atoms with Crippen LogP contribution in [0.15, 0.2) is 36.7 Å². The van der Waals surface area contributed by atoms with Crippen LogP contribution < -0.4 is 15.8 Å². The third-order valence-electron chi connectivity index (χ3n) is 3.62. The highest BCUT2D eigenvalue weighted by atomic mass is 16.5. The van der Waals surface area contributed by atoms with E-state index in [0.29, 0.717) is 17.1 Å². The van der Waals surface area contributed by atoms with Crippen molar-refractivity contribution in [2.24, 2.45) is 0 Å². The number of anilines is 2. The molecule has 0 fully saturated rings. The van der Waals surface area contributed by atoms with Gasteiger partial charge in [-0.2, -0.15) is 0 Å². The number of nitrogens with one attached hydrogen (secondary N) is 1. The Bertz CT molecular complexity index is 914. The molecule has 4 rings (SSSR count). The van der Waals surface area contributed by atoms with Gasteiger partial charge >= 0.3 is 0 Å². The number of pyridine rings is 1. The summed E-state index contributed by atoms with van der Waals surface area (Å²) in [6.45, 7) is 2.04. The number of amides is 1. The fourth-order valence-corrected chi connectivity index (χ4v) is 2.65. The van der Waals surface area contributed by atoms with Gasteiger partial charge in [-0.3, -0.25) is 4.79 Å². The molecule has 3 aromatic rings. The van der Waals surface area contributed by atoms with Gasteiger partial charge in [0.2, 0.25) is 0 Å². The highest BCUT2D eigenvalue weighted by Gasteiger charge is 2.17. The summed E-state index contributed by atoms with van der Waals surface area (Å²) in [6, 6.07) is 7.51. The molecule has 0 spiro atoms. The van der Waals surface area contributed by atoms with Crippen LogP contribution in [0.1, 0.15) is 5.56 Å². The van der Waals surface area contributed by atoms with Crippen LogP contribution in [-0.2, 0) is 4.79 Å². The average Bonchev–Trinajstić information content (AvgIpc) is 2.90. The molecule has 1 aliphatic rings. The molecule has 0 saturated heterocycles. The third kappa shape index (κ3) is 1.96. The summed E-state index contributed by atoms with van der Waals surface area (Å²) in [5.74, 6) is 0.516. The molecule has 22 heavy (non-hydrogen) atoms. The average molecular weight is 294 g/mol. The second kappa shape index (κ2) is 4.49. The Kier molecular flexibility index (Phi) is 2.59. The number of aryl methyl sites for hydroxylation is 1. The number of nitrogens with zero attached hydrogens (tertiary/aromatic N) is 2. The number of carbonyl (C=O) groups excluding carboxylic acids is 1. The van der Waals surface area contributed by atoms with Crippen molar-refractivity contribution < 1.29 is 9.53 Å². The number of imidazole rings is 1. The topological polar surface area (TPSA) is 81.6 Å². The number of hydrogen-bond acceptors (Lipinski definition) is 4. The number of nitrogens with two attached hydrogens (primary N) is 1. The first-order valence-electron chi connectivity index (χ1n) is 6.92. The predicted octanol–water partition coefficient (Wildman–Crippen LogP) is 2.22. The van der Waals surface area contributed by atoms with Gasteiger partial charge in [-0.25, -0.2) is 4.98 Å². The molecule has 0 bridgehead atoms. The summed E-state index contributed by atoms with van der Waals surface area (Å²) in [5, 5.41) is 2.80. The van der Waals surface area contributed by atoms with Gasteiger partial charge in [-0.05, 0) is 36.8 Å².